The standard InChI is InChI=1S/C19H36F3N5O.HI/c1-6-23-17(25-10-9-24-16(28)18(3,4)5)27-11-8-15(13-27)12-26(7-2)14-19(20,21)22;/h15H,6-14H2,1-5H3,(H,23,25)(H,24,28);1H. The number of carbonyl (C=O) groups is 1. The van der Waals surface area contributed by atoms with Gasteiger partial charge in [0, 0.05) is 38.1 Å². The Morgan fingerprint density at radius 1 is 1.21 bits per heavy atom. The average Bonchev–Trinajstić information content (AvgIpc) is 3.03. The van der Waals surface area contributed by atoms with E-state index in [-0.39, 0.29) is 35.8 Å². The van der Waals surface area contributed by atoms with E-state index in [1.807, 2.05) is 27.7 Å². The summed E-state index contributed by atoms with van der Waals surface area (Å²) in [5.41, 5.74) is -0.433. The third-order valence-electron chi connectivity index (χ3n) is 4.63. The Balaban J connectivity index is 0.00000784. The normalized spacial score (nSPS) is 18.0. The number of nitrogens with one attached hydrogen (secondary N) is 2. The lowest BCUT2D eigenvalue weighted by atomic mass is 9.96. The first-order valence-electron chi connectivity index (χ1n) is 10.1. The number of hydrogen-bond acceptors (Lipinski definition) is 3. The summed E-state index contributed by atoms with van der Waals surface area (Å²) in [6, 6.07) is 0. The van der Waals surface area contributed by atoms with Crippen LogP contribution in [0, 0.1) is 11.3 Å². The molecule has 1 aliphatic rings. The maximum atomic E-state index is 12.7. The minimum Gasteiger partial charge on any atom is -0.357 e. The quantitative estimate of drug-likeness (QED) is 0.217. The molecule has 0 radical (unpaired) electrons. The Morgan fingerprint density at radius 3 is 2.38 bits per heavy atom. The lowest BCUT2D eigenvalue weighted by molar-refractivity contribution is -0.146. The van der Waals surface area contributed by atoms with Crippen molar-refractivity contribution in [3.63, 3.8) is 0 Å². The van der Waals surface area contributed by atoms with Crippen molar-refractivity contribution in [1.82, 2.24) is 20.4 Å². The molecule has 1 unspecified atom stereocenters. The van der Waals surface area contributed by atoms with Gasteiger partial charge in [-0.2, -0.15) is 13.2 Å². The van der Waals surface area contributed by atoms with Gasteiger partial charge >= 0.3 is 6.18 Å². The lowest BCUT2D eigenvalue weighted by Gasteiger charge is -2.26. The number of alkyl halides is 3. The first-order valence-corrected chi connectivity index (χ1v) is 10.1. The molecule has 0 bridgehead atoms. The van der Waals surface area contributed by atoms with E-state index in [2.05, 4.69) is 20.5 Å². The van der Waals surface area contributed by atoms with Gasteiger partial charge in [-0.25, -0.2) is 0 Å². The molecule has 10 heteroatoms. The molecule has 0 saturated carbocycles. The van der Waals surface area contributed by atoms with Crippen LogP contribution in [0.25, 0.3) is 0 Å². The van der Waals surface area contributed by atoms with Crippen LogP contribution >= 0.6 is 24.0 Å². The highest BCUT2D eigenvalue weighted by Crippen LogP contribution is 2.21. The first kappa shape index (κ1) is 28.2. The monoisotopic (exact) mass is 535 g/mol. The van der Waals surface area contributed by atoms with Crippen LogP contribution in [0.4, 0.5) is 13.2 Å². The van der Waals surface area contributed by atoms with Crippen LogP contribution in [-0.2, 0) is 4.79 Å². The van der Waals surface area contributed by atoms with E-state index in [0.717, 1.165) is 18.9 Å². The molecule has 2 N–H and O–H groups in total. The molecule has 1 rings (SSSR count). The van der Waals surface area contributed by atoms with E-state index in [9.17, 15) is 18.0 Å². The van der Waals surface area contributed by atoms with Crippen molar-refractivity contribution in [3.05, 3.63) is 0 Å². The highest BCUT2D eigenvalue weighted by molar-refractivity contribution is 14.0. The fourth-order valence-electron chi connectivity index (χ4n) is 3.12. The average molecular weight is 535 g/mol. The van der Waals surface area contributed by atoms with Crippen LogP contribution < -0.4 is 10.6 Å². The Bertz CT molecular complexity index is 523. The predicted octanol–water partition coefficient (Wildman–Crippen LogP) is 2.94. The van der Waals surface area contributed by atoms with Crippen LogP contribution in [-0.4, -0.2) is 80.2 Å². The van der Waals surface area contributed by atoms with Gasteiger partial charge in [-0.15, -0.1) is 24.0 Å². The van der Waals surface area contributed by atoms with Crippen LogP contribution in [0.3, 0.4) is 0 Å². The zero-order valence-corrected chi connectivity index (χ0v) is 20.6. The number of aliphatic imine (C=N–C) groups is 1. The molecule has 0 aliphatic carbocycles. The fourth-order valence-corrected chi connectivity index (χ4v) is 3.12. The van der Waals surface area contributed by atoms with Gasteiger partial charge in [0.15, 0.2) is 5.96 Å². The third kappa shape index (κ3) is 11.3. The number of carbonyl (C=O) groups excluding carboxylic acids is 1. The summed E-state index contributed by atoms with van der Waals surface area (Å²) in [4.78, 5) is 20.0. The molecule has 1 amide bonds. The molecule has 1 aliphatic heterocycles. The molecule has 1 atom stereocenters. The summed E-state index contributed by atoms with van der Waals surface area (Å²) < 4.78 is 38.0. The minimum absolute atomic E-state index is 0. The van der Waals surface area contributed by atoms with Crippen LogP contribution in [0.5, 0.6) is 0 Å². The van der Waals surface area contributed by atoms with Crippen molar-refractivity contribution >= 4 is 35.8 Å². The highest BCUT2D eigenvalue weighted by atomic mass is 127. The smallest absolute Gasteiger partial charge is 0.357 e. The zero-order chi connectivity index (χ0) is 21.4. The second-order valence-electron chi connectivity index (χ2n) is 8.29. The Hall–Kier alpha value is -0.780. The summed E-state index contributed by atoms with van der Waals surface area (Å²) in [6.07, 6.45) is -3.32. The van der Waals surface area contributed by atoms with Crippen molar-refractivity contribution < 1.29 is 18.0 Å². The van der Waals surface area contributed by atoms with E-state index in [1.165, 1.54) is 4.90 Å². The Kier molecular flexibility index (Phi) is 12.5. The van der Waals surface area contributed by atoms with Crippen molar-refractivity contribution in [1.29, 1.82) is 0 Å². The Morgan fingerprint density at radius 2 is 1.86 bits per heavy atom. The number of amides is 1. The van der Waals surface area contributed by atoms with E-state index in [1.54, 1.807) is 6.92 Å². The van der Waals surface area contributed by atoms with Crippen molar-refractivity contribution in [3.8, 4) is 0 Å². The first-order chi connectivity index (χ1) is 13.0. The molecule has 1 heterocycles. The second kappa shape index (κ2) is 12.8. The molecule has 1 fully saturated rings. The van der Waals surface area contributed by atoms with Gasteiger partial charge in [0.2, 0.25) is 5.91 Å². The third-order valence-corrected chi connectivity index (χ3v) is 4.63. The van der Waals surface area contributed by atoms with Crippen LogP contribution in [0.2, 0.25) is 0 Å². The highest BCUT2D eigenvalue weighted by Gasteiger charge is 2.33. The summed E-state index contributed by atoms with van der Waals surface area (Å²) in [5, 5.41) is 6.11. The molecule has 1 saturated heterocycles. The van der Waals surface area contributed by atoms with Gasteiger partial charge < -0.3 is 15.5 Å². The Labute approximate surface area is 190 Å². The van der Waals surface area contributed by atoms with Gasteiger partial charge in [-0.3, -0.25) is 14.7 Å². The van der Waals surface area contributed by atoms with Crippen LogP contribution in [0.15, 0.2) is 4.99 Å². The van der Waals surface area contributed by atoms with Gasteiger partial charge in [-0.1, -0.05) is 27.7 Å². The maximum Gasteiger partial charge on any atom is 0.401 e. The number of halogens is 4. The second-order valence-corrected chi connectivity index (χ2v) is 8.29. The van der Waals surface area contributed by atoms with Gasteiger partial charge in [-0.05, 0) is 25.8 Å². The predicted molar refractivity (Wildman–Crippen MR) is 122 cm³/mol. The van der Waals surface area contributed by atoms with Gasteiger partial charge in [0.25, 0.3) is 0 Å². The van der Waals surface area contributed by atoms with Gasteiger partial charge in [0.1, 0.15) is 0 Å². The summed E-state index contributed by atoms with van der Waals surface area (Å²) >= 11 is 0. The minimum atomic E-state index is -4.16. The fraction of sp³-hybridized carbons (Fsp3) is 0.895. The molecule has 29 heavy (non-hydrogen) atoms. The van der Waals surface area contributed by atoms with Crippen molar-refractivity contribution in [2.75, 3.05) is 52.4 Å². The molecule has 172 valence electrons. The summed E-state index contributed by atoms with van der Waals surface area (Å²) in [6.45, 7) is 12.4. The summed E-state index contributed by atoms with van der Waals surface area (Å²) in [5.74, 6) is 0.930. The van der Waals surface area contributed by atoms with Gasteiger partial charge in [0.05, 0.1) is 13.1 Å². The molecule has 6 nitrogen and oxygen atoms in total. The molecular weight excluding hydrogens is 498 g/mol. The molecule has 0 aromatic carbocycles. The molecule has 0 spiro atoms. The number of rotatable bonds is 8. The number of hydrogen-bond donors (Lipinski definition) is 2. The van der Waals surface area contributed by atoms with E-state index < -0.39 is 18.1 Å². The number of likely N-dealkylation sites (tertiary alicyclic amines) is 1. The van der Waals surface area contributed by atoms with Crippen LogP contribution in [0.1, 0.15) is 41.0 Å². The maximum absolute atomic E-state index is 12.7. The van der Waals surface area contributed by atoms with Crippen molar-refractivity contribution in [2.24, 2.45) is 16.3 Å². The SMILES string of the molecule is CCNC(=NCCNC(=O)C(C)(C)C)N1CCC(CN(CC)CC(F)(F)F)C1.I. The zero-order valence-electron chi connectivity index (χ0n) is 18.2. The van der Waals surface area contributed by atoms with E-state index in [0.29, 0.717) is 39.3 Å². The molecular formula is C19H37F3IN5O. The molecule has 0 aromatic rings. The largest absolute Gasteiger partial charge is 0.401 e. The number of guanidine groups is 1. The van der Waals surface area contributed by atoms with E-state index in [4.69, 9.17) is 0 Å². The van der Waals surface area contributed by atoms with E-state index >= 15 is 0 Å². The van der Waals surface area contributed by atoms with Crippen molar-refractivity contribution in [2.45, 2.75) is 47.2 Å². The lowest BCUT2D eigenvalue weighted by Crippen LogP contribution is -2.42. The summed E-state index contributed by atoms with van der Waals surface area (Å²) in [7, 11) is 0. The number of nitrogens with zero attached hydrogens (tertiary/aromatic N) is 3. The molecule has 0 aromatic heterocycles. The topological polar surface area (TPSA) is 60.0 Å².